The van der Waals surface area contributed by atoms with E-state index in [1.807, 2.05) is 6.20 Å². The summed E-state index contributed by atoms with van der Waals surface area (Å²) in [5, 5.41) is 0. The average Bonchev–Trinajstić information content (AvgIpc) is 2.36. The molecule has 0 atom stereocenters. The van der Waals surface area contributed by atoms with E-state index in [0.717, 1.165) is 29.3 Å². The van der Waals surface area contributed by atoms with Crippen molar-refractivity contribution < 1.29 is 0 Å². The van der Waals surface area contributed by atoms with E-state index in [0.29, 0.717) is 0 Å². The van der Waals surface area contributed by atoms with Crippen molar-refractivity contribution in [3.63, 3.8) is 0 Å². The second kappa shape index (κ2) is 5.57. The topological polar surface area (TPSA) is 19.4 Å². The SMILES string of the molecule is Brc1ccc(N2CCN(CC3CCC3)CC2)nc1. The van der Waals surface area contributed by atoms with Gasteiger partial charge in [-0.1, -0.05) is 6.42 Å². The van der Waals surface area contributed by atoms with Crippen molar-refractivity contribution in [3.05, 3.63) is 22.8 Å². The van der Waals surface area contributed by atoms with Gasteiger partial charge in [-0.15, -0.1) is 0 Å². The van der Waals surface area contributed by atoms with Crippen molar-refractivity contribution in [3.8, 4) is 0 Å². The van der Waals surface area contributed by atoms with Crippen molar-refractivity contribution in [2.45, 2.75) is 19.3 Å². The Kier molecular flexibility index (Phi) is 3.85. The fourth-order valence-electron chi connectivity index (χ4n) is 2.76. The third kappa shape index (κ3) is 2.86. The summed E-state index contributed by atoms with van der Waals surface area (Å²) in [5.41, 5.74) is 0. The van der Waals surface area contributed by atoms with Gasteiger partial charge >= 0.3 is 0 Å². The van der Waals surface area contributed by atoms with Gasteiger partial charge in [0, 0.05) is 43.4 Å². The molecule has 98 valence electrons. The van der Waals surface area contributed by atoms with E-state index in [1.165, 1.54) is 38.9 Å². The van der Waals surface area contributed by atoms with Gasteiger partial charge in [-0.05, 0) is 46.8 Å². The lowest BCUT2D eigenvalue weighted by atomic mass is 9.85. The number of halogens is 1. The van der Waals surface area contributed by atoms with E-state index < -0.39 is 0 Å². The van der Waals surface area contributed by atoms with Crippen LogP contribution in [0.15, 0.2) is 22.8 Å². The van der Waals surface area contributed by atoms with Gasteiger partial charge in [-0.25, -0.2) is 4.98 Å². The van der Waals surface area contributed by atoms with Gasteiger partial charge < -0.3 is 4.90 Å². The van der Waals surface area contributed by atoms with E-state index in [4.69, 9.17) is 0 Å². The van der Waals surface area contributed by atoms with Crippen LogP contribution in [-0.4, -0.2) is 42.6 Å². The van der Waals surface area contributed by atoms with Crippen LogP contribution in [0.4, 0.5) is 5.82 Å². The predicted octanol–water partition coefficient (Wildman–Crippen LogP) is 2.77. The molecule has 1 aliphatic heterocycles. The third-order valence-electron chi connectivity index (χ3n) is 4.15. The number of aromatic nitrogens is 1. The fraction of sp³-hybridized carbons (Fsp3) is 0.643. The highest BCUT2D eigenvalue weighted by atomic mass is 79.9. The first-order chi connectivity index (χ1) is 8.81. The summed E-state index contributed by atoms with van der Waals surface area (Å²) in [6.07, 6.45) is 6.24. The monoisotopic (exact) mass is 309 g/mol. The number of hydrogen-bond acceptors (Lipinski definition) is 3. The summed E-state index contributed by atoms with van der Waals surface area (Å²) < 4.78 is 1.05. The molecule has 1 aromatic rings. The van der Waals surface area contributed by atoms with Crippen molar-refractivity contribution in [2.75, 3.05) is 37.6 Å². The maximum atomic E-state index is 4.48. The van der Waals surface area contributed by atoms with E-state index >= 15 is 0 Å². The van der Waals surface area contributed by atoms with Crippen LogP contribution in [0.5, 0.6) is 0 Å². The zero-order valence-electron chi connectivity index (χ0n) is 10.7. The molecule has 4 heteroatoms. The van der Waals surface area contributed by atoms with Crippen LogP contribution in [-0.2, 0) is 0 Å². The maximum Gasteiger partial charge on any atom is 0.128 e. The van der Waals surface area contributed by atoms with Gasteiger partial charge in [0.2, 0.25) is 0 Å². The molecule has 1 saturated heterocycles. The minimum absolute atomic E-state index is 0.988. The molecule has 18 heavy (non-hydrogen) atoms. The van der Waals surface area contributed by atoms with Crippen molar-refractivity contribution >= 4 is 21.7 Å². The second-order valence-corrected chi connectivity index (χ2v) is 6.33. The highest BCUT2D eigenvalue weighted by Gasteiger charge is 2.23. The molecular formula is C14H20BrN3. The van der Waals surface area contributed by atoms with Gasteiger partial charge in [0.25, 0.3) is 0 Å². The van der Waals surface area contributed by atoms with Crippen LogP contribution >= 0.6 is 15.9 Å². The Hall–Kier alpha value is -0.610. The highest BCUT2D eigenvalue weighted by molar-refractivity contribution is 9.10. The molecule has 2 aliphatic rings. The molecule has 0 N–H and O–H groups in total. The van der Waals surface area contributed by atoms with Crippen LogP contribution in [0.25, 0.3) is 0 Å². The van der Waals surface area contributed by atoms with Crippen molar-refractivity contribution in [1.82, 2.24) is 9.88 Å². The summed E-state index contributed by atoms with van der Waals surface area (Å²) in [6.45, 7) is 5.92. The number of piperazine rings is 1. The van der Waals surface area contributed by atoms with E-state index in [2.05, 4.69) is 42.8 Å². The third-order valence-corrected chi connectivity index (χ3v) is 4.62. The quantitative estimate of drug-likeness (QED) is 0.856. The van der Waals surface area contributed by atoms with E-state index in [1.54, 1.807) is 0 Å². The predicted molar refractivity (Wildman–Crippen MR) is 77.9 cm³/mol. The normalized spacial score (nSPS) is 21.9. The van der Waals surface area contributed by atoms with Crippen molar-refractivity contribution in [1.29, 1.82) is 0 Å². The van der Waals surface area contributed by atoms with E-state index in [9.17, 15) is 0 Å². The standard InChI is InChI=1S/C14H20BrN3/c15-13-4-5-14(16-10-13)18-8-6-17(7-9-18)11-12-2-1-3-12/h4-5,10,12H,1-3,6-9,11H2. The number of pyridine rings is 1. The summed E-state index contributed by atoms with van der Waals surface area (Å²) in [5.74, 6) is 2.10. The molecule has 1 saturated carbocycles. The Bertz CT molecular complexity index is 381. The van der Waals surface area contributed by atoms with Gasteiger partial charge in [-0.3, -0.25) is 4.90 Å². The van der Waals surface area contributed by atoms with Gasteiger partial charge in [0.1, 0.15) is 5.82 Å². The number of anilines is 1. The minimum Gasteiger partial charge on any atom is -0.354 e. The summed E-state index contributed by atoms with van der Waals surface area (Å²) in [7, 11) is 0. The molecule has 0 spiro atoms. The van der Waals surface area contributed by atoms with Gasteiger partial charge in [0.05, 0.1) is 0 Å². The minimum atomic E-state index is 0.988. The Balaban J connectivity index is 1.51. The molecule has 0 unspecified atom stereocenters. The molecule has 3 nitrogen and oxygen atoms in total. The first-order valence-corrected chi connectivity index (χ1v) is 7.69. The molecule has 0 amide bonds. The largest absolute Gasteiger partial charge is 0.354 e. The lowest BCUT2D eigenvalue weighted by molar-refractivity contribution is 0.170. The van der Waals surface area contributed by atoms with Gasteiger partial charge in [-0.2, -0.15) is 0 Å². The molecule has 2 heterocycles. The molecule has 1 aromatic heterocycles. The second-order valence-electron chi connectivity index (χ2n) is 5.42. The molecular weight excluding hydrogens is 290 g/mol. The first-order valence-electron chi connectivity index (χ1n) is 6.90. The molecule has 0 aromatic carbocycles. The lowest BCUT2D eigenvalue weighted by Gasteiger charge is -2.38. The average molecular weight is 310 g/mol. The Morgan fingerprint density at radius 2 is 1.94 bits per heavy atom. The fourth-order valence-corrected chi connectivity index (χ4v) is 2.99. The molecule has 3 rings (SSSR count). The maximum absolute atomic E-state index is 4.48. The van der Waals surface area contributed by atoms with E-state index in [-0.39, 0.29) is 0 Å². The van der Waals surface area contributed by atoms with Crippen molar-refractivity contribution in [2.24, 2.45) is 5.92 Å². The molecule has 0 bridgehead atoms. The zero-order valence-corrected chi connectivity index (χ0v) is 12.3. The Morgan fingerprint density at radius 3 is 2.50 bits per heavy atom. The highest BCUT2D eigenvalue weighted by Crippen LogP contribution is 2.27. The smallest absolute Gasteiger partial charge is 0.128 e. The van der Waals surface area contributed by atoms with Crippen LogP contribution in [0, 0.1) is 5.92 Å². The zero-order chi connectivity index (χ0) is 12.4. The van der Waals surface area contributed by atoms with Crippen LogP contribution in [0.3, 0.4) is 0 Å². The lowest BCUT2D eigenvalue weighted by Crippen LogP contribution is -2.48. The van der Waals surface area contributed by atoms with Gasteiger partial charge in [0.15, 0.2) is 0 Å². The van der Waals surface area contributed by atoms with Crippen LogP contribution in [0.1, 0.15) is 19.3 Å². The molecule has 2 fully saturated rings. The number of rotatable bonds is 3. The Morgan fingerprint density at radius 1 is 1.17 bits per heavy atom. The number of nitrogens with zero attached hydrogens (tertiary/aromatic N) is 3. The Labute approximate surface area is 117 Å². The van der Waals surface area contributed by atoms with Crippen LogP contribution < -0.4 is 4.90 Å². The summed E-state index contributed by atoms with van der Waals surface area (Å²) in [6, 6.07) is 4.18. The summed E-state index contributed by atoms with van der Waals surface area (Å²) in [4.78, 5) is 9.49. The summed E-state index contributed by atoms with van der Waals surface area (Å²) >= 11 is 3.43. The molecule has 0 radical (unpaired) electrons. The first kappa shape index (κ1) is 12.4. The number of hydrogen-bond donors (Lipinski definition) is 0. The molecule has 1 aliphatic carbocycles. The van der Waals surface area contributed by atoms with Crippen LogP contribution in [0.2, 0.25) is 0 Å².